The first-order valence-electron chi connectivity index (χ1n) is 6.80. The molecule has 0 unspecified atom stereocenters. The molecular formula is C14H16F3N3O. The molecule has 2 heterocycles. The molecule has 4 nitrogen and oxygen atoms in total. The molecule has 0 saturated carbocycles. The van der Waals surface area contributed by atoms with Gasteiger partial charge in [0, 0.05) is 19.6 Å². The third-order valence-corrected chi connectivity index (χ3v) is 3.72. The zero-order valence-electron chi connectivity index (χ0n) is 11.5. The number of aromatic amines is 1. The standard InChI is InChI=1S/C14H16F3N3O/c1-8-18-12-5-9(6-20-3-2-10(21)7-20)4-11(13(12)19-8)14(15,16)17/h4-5,10,21H,2-3,6-7H2,1H3,(H,18,19)/t10-/m0/s1. The molecule has 0 bridgehead atoms. The van der Waals surface area contributed by atoms with Crippen molar-refractivity contribution < 1.29 is 18.3 Å². The van der Waals surface area contributed by atoms with Crippen LogP contribution in [0.3, 0.4) is 0 Å². The molecule has 1 aliphatic rings. The van der Waals surface area contributed by atoms with Crippen LogP contribution < -0.4 is 0 Å². The van der Waals surface area contributed by atoms with Crippen LogP contribution in [0.1, 0.15) is 23.4 Å². The molecule has 2 aromatic rings. The maximum absolute atomic E-state index is 13.2. The summed E-state index contributed by atoms with van der Waals surface area (Å²) in [6.07, 6.45) is -4.15. The van der Waals surface area contributed by atoms with Crippen LogP contribution in [0, 0.1) is 6.92 Å². The van der Waals surface area contributed by atoms with Gasteiger partial charge in [0.05, 0.1) is 17.2 Å². The van der Waals surface area contributed by atoms with Gasteiger partial charge in [-0.3, -0.25) is 4.90 Å². The summed E-state index contributed by atoms with van der Waals surface area (Å²) in [7, 11) is 0. The zero-order valence-corrected chi connectivity index (χ0v) is 11.5. The Morgan fingerprint density at radius 3 is 2.81 bits per heavy atom. The predicted molar refractivity (Wildman–Crippen MR) is 71.7 cm³/mol. The van der Waals surface area contributed by atoms with Crippen LogP contribution in [0.2, 0.25) is 0 Å². The number of hydrogen-bond donors (Lipinski definition) is 2. The van der Waals surface area contributed by atoms with E-state index in [1.807, 2.05) is 4.90 Å². The van der Waals surface area contributed by atoms with Crippen LogP contribution >= 0.6 is 0 Å². The minimum atomic E-state index is -4.43. The number of aliphatic hydroxyl groups is 1. The number of nitrogens with one attached hydrogen (secondary N) is 1. The van der Waals surface area contributed by atoms with E-state index in [4.69, 9.17) is 0 Å². The van der Waals surface area contributed by atoms with Gasteiger partial charge < -0.3 is 10.1 Å². The van der Waals surface area contributed by atoms with Crippen LogP contribution in [0.15, 0.2) is 12.1 Å². The number of nitrogens with zero attached hydrogens (tertiary/aromatic N) is 2. The first kappa shape index (κ1) is 14.3. The zero-order chi connectivity index (χ0) is 15.2. The normalized spacial score (nSPS) is 20.5. The second kappa shape index (κ2) is 4.99. The Bertz CT molecular complexity index is 665. The summed E-state index contributed by atoms with van der Waals surface area (Å²) >= 11 is 0. The van der Waals surface area contributed by atoms with Gasteiger partial charge in [-0.1, -0.05) is 0 Å². The second-order valence-corrected chi connectivity index (χ2v) is 5.54. The van der Waals surface area contributed by atoms with E-state index in [2.05, 4.69) is 9.97 Å². The van der Waals surface area contributed by atoms with E-state index in [-0.39, 0.29) is 11.6 Å². The highest BCUT2D eigenvalue weighted by Gasteiger charge is 2.34. The molecule has 3 rings (SSSR count). The molecule has 0 aliphatic carbocycles. The third-order valence-electron chi connectivity index (χ3n) is 3.72. The Labute approximate surface area is 119 Å². The lowest BCUT2D eigenvalue weighted by Crippen LogP contribution is -2.21. The number of benzene rings is 1. The van der Waals surface area contributed by atoms with E-state index in [0.717, 1.165) is 6.07 Å². The highest BCUT2D eigenvalue weighted by Crippen LogP contribution is 2.35. The number of fused-ring (bicyclic) bond motifs is 1. The van der Waals surface area contributed by atoms with E-state index < -0.39 is 11.7 Å². The molecular weight excluding hydrogens is 283 g/mol. The Kier molecular flexibility index (Phi) is 3.41. The quantitative estimate of drug-likeness (QED) is 0.895. The van der Waals surface area contributed by atoms with Gasteiger partial charge in [-0.25, -0.2) is 4.98 Å². The first-order chi connectivity index (χ1) is 9.83. The van der Waals surface area contributed by atoms with Crippen molar-refractivity contribution in [3.05, 3.63) is 29.1 Å². The van der Waals surface area contributed by atoms with Crippen molar-refractivity contribution >= 4 is 11.0 Å². The number of halogens is 3. The van der Waals surface area contributed by atoms with E-state index in [1.165, 1.54) is 0 Å². The van der Waals surface area contributed by atoms with Crippen LogP contribution in [-0.2, 0) is 12.7 Å². The lowest BCUT2D eigenvalue weighted by atomic mass is 10.1. The number of β-amino-alcohol motifs (C(OH)–C–C–N with tert-alkyl or cyclic N) is 1. The van der Waals surface area contributed by atoms with Crippen molar-refractivity contribution in [3.63, 3.8) is 0 Å². The van der Waals surface area contributed by atoms with E-state index in [0.29, 0.717) is 43.0 Å². The number of H-pyrrole nitrogens is 1. The van der Waals surface area contributed by atoms with Gasteiger partial charge in [-0.05, 0) is 31.0 Å². The third kappa shape index (κ3) is 2.89. The lowest BCUT2D eigenvalue weighted by molar-refractivity contribution is -0.136. The largest absolute Gasteiger partial charge is 0.418 e. The number of aromatic nitrogens is 2. The summed E-state index contributed by atoms with van der Waals surface area (Å²) in [5.41, 5.74) is 0.231. The summed E-state index contributed by atoms with van der Waals surface area (Å²) in [6.45, 7) is 3.23. The molecule has 0 amide bonds. The number of imidazole rings is 1. The molecule has 7 heteroatoms. The minimum Gasteiger partial charge on any atom is -0.392 e. The van der Waals surface area contributed by atoms with Gasteiger partial charge in [0.1, 0.15) is 11.3 Å². The van der Waals surface area contributed by atoms with Gasteiger partial charge in [0.2, 0.25) is 0 Å². The molecule has 1 saturated heterocycles. The van der Waals surface area contributed by atoms with Crippen LogP contribution in [-0.4, -0.2) is 39.2 Å². The van der Waals surface area contributed by atoms with Crippen molar-refractivity contribution in [2.75, 3.05) is 13.1 Å². The van der Waals surface area contributed by atoms with E-state index >= 15 is 0 Å². The highest BCUT2D eigenvalue weighted by atomic mass is 19.4. The van der Waals surface area contributed by atoms with Crippen molar-refractivity contribution in [1.29, 1.82) is 0 Å². The lowest BCUT2D eigenvalue weighted by Gasteiger charge is -2.16. The molecule has 1 aliphatic heterocycles. The fraction of sp³-hybridized carbons (Fsp3) is 0.500. The molecule has 2 N–H and O–H groups in total. The Morgan fingerprint density at radius 1 is 1.43 bits per heavy atom. The van der Waals surface area contributed by atoms with Crippen LogP contribution in [0.25, 0.3) is 11.0 Å². The monoisotopic (exact) mass is 299 g/mol. The summed E-state index contributed by atoms with van der Waals surface area (Å²) in [6, 6.07) is 2.86. The number of aliphatic hydroxyl groups excluding tert-OH is 1. The minimum absolute atomic E-state index is 0.0368. The average molecular weight is 299 g/mol. The topological polar surface area (TPSA) is 52.1 Å². The smallest absolute Gasteiger partial charge is 0.392 e. The number of hydrogen-bond acceptors (Lipinski definition) is 3. The average Bonchev–Trinajstić information content (AvgIpc) is 2.92. The summed E-state index contributed by atoms with van der Waals surface area (Å²) in [5.74, 6) is 0.462. The maximum atomic E-state index is 13.2. The Balaban J connectivity index is 1.99. The first-order valence-corrected chi connectivity index (χ1v) is 6.80. The summed E-state index contributed by atoms with van der Waals surface area (Å²) in [5, 5.41) is 9.50. The molecule has 1 aromatic heterocycles. The fourth-order valence-corrected chi connectivity index (χ4v) is 2.82. The van der Waals surface area contributed by atoms with Crippen molar-refractivity contribution in [3.8, 4) is 0 Å². The van der Waals surface area contributed by atoms with Crippen molar-refractivity contribution in [1.82, 2.24) is 14.9 Å². The van der Waals surface area contributed by atoms with Crippen LogP contribution in [0.4, 0.5) is 13.2 Å². The maximum Gasteiger partial charge on any atom is 0.418 e. The van der Waals surface area contributed by atoms with E-state index in [9.17, 15) is 18.3 Å². The predicted octanol–water partition coefficient (Wildman–Crippen LogP) is 2.46. The Morgan fingerprint density at radius 2 is 2.19 bits per heavy atom. The number of alkyl halides is 3. The molecule has 114 valence electrons. The molecule has 1 atom stereocenters. The SMILES string of the molecule is Cc1nc2c(C(F)(F)F)cc(CN3CC[C@H](O)C3)cc2[nH]1. The summed E-state index contributed by atoms with van der Waals surface area (Å²) in [4.78, 5) is 8.75. The van der Waals surface area contributed by atoms with Gasteiger partial charge >= 0.3 is 6.18 Å². The van der Waals surface area contributed by atoms with Gasteiger partial charge in [0.15, 0.2) is 0 Å². The Hall–Kier alpha value is -1.60. The van der Waals surface area contributed by atoms with Gasteiger partial charge in [0.25, 0.3) is 0 Å². The highest BCUT2D eigenvalue weighted by molar-refractivity contribution is 5.80. The molecule has 1 fully saturated rings. The van der Waals surface area contributed by atoms with E-state index in [1.54, 1.807) is 13.0 Å². The second-order valence-electron chi connectivity index (χ2n) is 5.54. The number of likely N-dealkylation sites (tertiary alicyclic amines) is 1. The molecule has 0 spiro atoms. The molecule has 1 aromatic carbocycles. The van der Waals surface area contributed by atoms with Crippen LogP contribution in [0.5, 0.6) is 0 Å². The summed E-state index contributed by atoms with van der Waals surface area (Å²) < 4.78 is 39.5. The number of aryl methyl sites for hydroxylation is 1. The van der Waals surface area contributed by atoms with Gasteiger partial charge in [-0.15, -0.1) is 0 Å². The molecule has 0 radical (unpaired) electrons. The van der Waals surface area contributed by atoms with Crippen molar-refractivity contribution in [2.24, 2.45) is 0 Å². The molecule has 21 heavy (non-hydrogen) atoms. The van der Waals surface area contributed by atoms with Crippen molar-refractivity contribution in [2.45, 2.75) is 32.2 Å². The number of rotatable bonds is 2. The fourth-order valence-electron chi connectivity index (χ4n) is 2.82. The van der Waals surface area contributed by atoms with Gasteiger partial charge in [-0.2, -0.15) is 13.2 Å².